The maximum absolute atomic E-state index is 11.5. The van der Waals surface area contributed by atoms with Crippen molar-refractivity contribution in [2.75, 3.05) is 11.9 Å². The lowest BCUT2D eigenvalue weighted by Gasteiger charge is -2.09. The number of rotatable bonds is 5. The lowest BCUT2D eigenvalue weighted by Crippen LogP contribution is -2.39. The minimum atomic E-state index is -0.980. The smallest absolute Gasteiger partial charge is 0.320 e. The van der Waals surface area contributed by atoms with Crippen molar-refractivity contribution in [1.82, 2.24) is 5.32 Å². The number of aliphatic carboxylic acids is 1. The number of amides is 1. The van der Waals surface area contributed by atoms with Crippen molar-refractivity contribution in [2.24, 2.45) is 0 Å². The number of carbonyl (C=O) groups excluding carboxylic acids is 1. The van der Waals surface area contributed by atoms with E-state index in [9.17, 15) is 9.59 Å². The van der Waals surface area contributed by atoms with E-state index < -0.39 is 12.0 Å². The largest absolute Gasteiger partial charge is 0.480 e. The maximum Gasteiger partial charge on any atom is 0.320 e. The number of nitrogens with one attached hydrogen (secondary N) is 2. The van der Waals surface area contributed by atoms with Crippen LogP contribution in [0, 0.1) is 3.57 Å². The normalized spacial score (nSPS) is 11.9. The van der Waals surface area contributed by atoms with Crippen molar-refractivity contribution in [1.29, 1.82) is 0 Å². The van der Waals surface area contributed by atoms with Gasteiger partial charge in [-0.2, -0.15) is 0 Å². The molecular weight excluding hydrogens is 335 g/mol. The number of carboxylic acid groups (broad SMARTS) is 1. The molecule has 17 heavy (non-hydrogen) atoms. The van der Waals surface area contributed by atoms with Gasteiger partial charge in [0.2, 0.25) is 5.91 Å². The summed E-state index contributed by atoms with van der Waals surface area (Å²) in [7, 11) is 0. The predicted molar refractivity (Wildman–Crippen MR) is 72.9 cm³/mol. The lowest BCUT2D eigenvalue weighted by atomic mass is 10.3. The first kappa shape index (κ1) is 13.9. The van der Waals surface area contributed by atoms with E-state index in [1.54, 1.807) is 6.07 Å². The molecule has 0 aromatic heterocycles. The van der Waals surface area contributed by atoms with Crippen LogP contribution in [0.3, 0.4) is 0 Å². The topological polar surface area (TPSA) is 78.4 Å². The summed E-state index contributed by atoms with van der Waals surface area (Å²) in [5, 5.41) is 13.9. The fourth-order valence-corrected chi connectivity index (χ4v) is 1.65. The third kappa shape index (κ3) is 5.14. The molecule has 0 aliphatic carbocycles. The Morgan fingerprint density at radius 3 is 2.76 bits per heavy atom. The van der Waals surface area contributed by atoms with E-state index in [0.717, 1.165) is 3.57 Å². The van der Waals surface area contributed by atoms with Crippen LogP contribution in [0.15, 0.2) is 24.3 Å². The second kappa shape index (κ2) is 6.55. The van der Waals surface area contributed by atoms with Crippen molar-refractivity contribution >= 4 is 40.2 Å². The fourth-order valence-electron chi connectivity index (χ4n) is 1.10. The fraction of sp³-hybridized carbons (Fsp3) is 0.273. The van der Waals surface area contributed by atoms with Crippen LogP contribution in [0.1, 0.15) is 6.92 Å². The van der Waals surface area contributed by atoms with E-state index in [-0.39, 0.29) is 12.5 Å². The van der Waals surface area contributed by atoms with Gasteiger partial charge in [-0.1, -0.05) is 6.07 Å². The van der Waals surface area contributed by atoms with E-state index in [4.69, 9.17) is 5.11 Å². The standard InChI is InChI=1S/C11H13IN2O3/c1-7(11(16)17)13-6-10(15)14-9-4-2-3-8(12)5-9/h2-5,7,13H,6H2,1H3,(H,14,15)(H,16,17). The van der Waals surface area contributed by atoms with Crippen LogP contribution in [0.5, 0.6) is 0 Å². The van der Waals surface area contributed by atoms with E-state index >= 15 is 0 Å². The van der Waals surface area contributed by atoms with Gasteiger partial charge in [0.05, 0.1) is 6.54 Å². The Kier molecular flexibility index (Phi) is 5.36. The molecule has 1 aromatic rings. The van der Waals surface area contributed by atoms with Gasteiger partial charge < -0.3 is 10.4 Å². The molecule has 0 spiro atoms. The van der Waals surface area contributed by atoms with Crippen molar-refractivity contribution in [3.05, 3.63) is 27.8 Å². The summed E-state index contributed by atoms with van der Waals surface area (Å²) in [6, 6.07) is 6.63. The van der Waals surface area contributed by atoms with Gasteiger partial charge in [0, 0.05) is 9.26 Å². The molecule has 0 fully saturated rings. The van der Waals surface area contributed by atoms with E-state index in [0.29, 0.717) is 5.69 Å². The number of hydrogen-bond acceptors (Lipinski definition) is 3. The van der Waals surface area contributed by atoms with Crippen LogP contribution in [-0.4, -0.2) is 29.6 Å². The highest BCUT2D eigenvalue weighted by Crippen LogP contribution is 2.11. The van der Waals surface area contributed by atoms with E-state index in [1.807, 2.05) is 18.2 Å². The van der Waals surface area contributed by atoms with Gasteiger partial charge in [-0.3, -0.25) is 14.9 Å². The Labute approximate surface area is 113 Å². The van der Waals surface area contributed by atoms with Crippen LogP contribution in [-0.2, 0) is 9.59 Å². The highest BCUT2D eigenvalue weighted by Gasteiger charge is 2.11. The number of halogens is 1. The van der Waals surface area contributed by atoms with E-state index in [2.05, 4.69) is 33.2 Å². The van der Waals surface area contributed by atoms with Gasteiger partial charge in [-0.05, 0) is 47.7 Å². The molecule has 0 aliphatic heterocycles. The molecule has 1 rings (SSSR count). The SMILES string of the molecule is CC(NCC(=O)Nc1cccc(I)c1)C(=O)O. The molecule has 3 N–H and O–H groups in total. The number of benzene rings is 1. The van der Waals surface area contributed by atoms with Gasteiger partial charge in [0.1, 0.15) is 6.04 Å². The third-order valence-electron chi connectivity index (χ3n) is 2.05. The lowest BCUT2D eigenvalue weighted by molar-refractivity contribution is -0.139. The number of carboxylic acids is 1. The van der Waals surface area contributed by atoms with Crippen molar-refractivity contribution in [3.63, 3.8) is 0 Å². The zero-order valence-electron chi connectivity index (χ0n) is 9.24. The predicted octanol–water partition coefficient (Wildman–Crippen LogP) is 1.29. The van der Waals surface area contributed by atoms with Crippen LogP contribution >= 0.6 is 22.6 Å². The molecule has 0 saturated heterocycles. The summed E-state index contributed by atoms with van der Waals surface area (Å²) in [5.41, 5.74) is 0.701. The monoisotopic (exact) mass is 348 g/mol. The van der Waals surface area contributed by atoms with Crippen molar-refractivity contribution in [2.45, 2.75) is 13.0 Å². The first-order valence-electron chi connectivity index (χ1n) is 5.00. The molecule has 0 saturated carbocycles. The quantitative estimate of drug-likeness (QED) is 0.701. The average molecular weight is 348 g/mol. The average Bonchev–Trinajstić information content (AvgIpc) is 2.25. The molecule has 0 aliphatic rings. The van der Waals surface area contributed by atoms with Crippen molar-refractivity contribution < 1.29 is 14.7 Å². The first-order valence-corrected chi connectivity index (χ1v) is 6.08. The number of carbonyl (C=O) groups is 2. The molecule has 5 nitrogen and oxygen atoms in total. The van der Waals surface area contributed by atoms with Crippen LogP contribution in [0.4, 0.5) is 5.69 Å². The summed E-state index contributed by atoms with van der Waals surface area (Å²) < 4.78 is 1.02. The Morgan fingerprint density at radius 1 is 1.47 bits per heavy atom. The van der Waals surface area contributed by atoms with Gasteiger partial charge in [-0.25, -0.2) is 0 Å². The second-order valence-corrected chi connectivity index (χ2v) is 4.74. The highest BCUT2D eigenvalue weighted by atomic mass is 127. The van der Waals surface area contributed by atoms with Crippen LogP contribution in [0.2, 0.25) is 0 Å². The summed E-state index contributed by atoms with van der Waals surface area (Å²) >= 11 is 2.15. The zero-order valence-corrected chi connectivity index (χ0v) is 11.4. The molecule has 1 atom stereocenters. The van der Waals surface area contributed by atoms with Gasteiger partial charge in [0.25, 0.3) is 0 Å². The molecule has 92 valence electrons. The number of anilines is 1. The molecule has 0 radical (unpaired) electrons. The highest BCUT2D eigenvalue weighted by molar-refractivity contribution is 14.1. The molecule has 1 aromatic carbocycles. The van der Waals surface area contributed by atoms with Crippen LogP contribution in [0.25, 0.3) is 0 Å². The summed E-state index contributed by atoms with van der Waals surface area (Å²) in [4.78, 5) is 22.0. The Bertz CT molecular complexity index is 423. The minimum absolute atomic E-state index is 0.0288. The molecule has 0 bridgehead atoms. The van der Waals surface area contributed by atoms with Crippen LogP contribution < -0.4 is 10.6 Å². The van der Waals surface area contributed by atoms with E-state index in [1.165, 1.54) is 6.92 Å². The molecule has 0 heterocycles. The molecule has 1 amide bonds. The minimum Gasteiger partial charge on any atom is -0.480 e. The first-order chi connectivity index (χ1) is 7.99. The second-order valence-electron chi connectivity index (χ2n) is 3.50. The molecular formula is C11H13IN2O3. The van der Waals surface area contributed by atoms with Crippen molar-refractivity contribution in [3.8, 4) is 0 Å². The summed E-state index contributed by atoms with van der Waals surface area (Å²) in [6.45, 7) is 1.46. The Morgan fingerprint density at radius 2 is 2.18 bits per heavy atom. The van der Waals surface area contributed by atoms with Gasteiger partial charge in [0.15, 0.2) is 0 Å². The summed E-state index contributed by atoms with van der Waals surface area (Å²) in [6.07, 6.45) is 0. The zero-order chi connectivity index (χ0) is 12.8. The third-order valence-corrected chi connectivity index (χ3v) is 2.72. The van der Waals surface area contributed by atoms with Gasteiger partial charge >= 0.3 is 5.97 Å². The maximum atomic E-state index is 11.5. The molecule has 1 unspecified atom stereocenters. The molecule has 6 heteroatoms. The summed E-state index contributed by atoms with van der Waals surface area (Å²) in [5.74, 6) is -1.24. The Hall–Kier alpha value is -1.15. The number of hydrogen-bond donors (Lipinski definition) is 3. The van der Waals surface area contributed by atoms with Gasteiger partial charge in [-0.15, -0.1) is 0 Å². The Balaban J connectivity index is 2.42.